The van der Waals surface area contributed by atoms with Crippen molar-refractivity contribution in [2.24, 2.45) is 15.7 Å². The molecule has 3 N–H and O–H groups in total. The Bertz CT molecular complexity index is 1380. The quantitative estimate of drug-likeness (QED) is 0.327. The maximum absolute atomic E-state index is 14.6. The number of carbonyl (C=O) groups is 2. The Morgan fingerprint density at radius 3 is 2.63 bits per heavy atom. The minimum atomic E-state index is -3.69. The highest BCUT2D eigenvalue weighted by molar-refractivity contribution is 6.26. The number of likely N-dealkylation sites (N-methyl/N-ethyl adjacent to an activating group) is 1. The molecule has 0 radical (unpaired) electrons. The van der Waals surface area contributed by atoms with Crippen LogP contribution in [0.25, 0.3) is 0 Å². The lowest BCUT2D eigenvalue weighted by atomic mass is 10.0. The molecule has 2 aromatic carbocycles. The summed E-state index contributed by atoms with van der Waals surface area (Å²) in [6, 6.07) is 12.5. The number of Topliss-reactive ketones (excluding diaryl/α,β-unsaturated/α-hetero) is 1. The lowest BCUT2D eigenvalue weighted by molar-refractivity contribution is -0.123. The number of benzene rings is 2. The topological polar surface area (TPSA) is 103 Å². The second-order valence-corrected chi connectivity index (χ2v) is 9.67. The van der Waals surface area contributed by atoms with Gasteiger partial charge in [-0.2, -0.15) is 8.78 Å². The molecule has 3 aliphatic rings. The number of halogens is 3. The number of hydrogen-bond acceptors (Lipinski definition) is 6. The fraction of sp³-hybridized carbons (Fsp3) is 0.333. The Balaban J connectivity index is 1.52. The summed E-state index contributed by atoms with van der Waals surface area (Å²) in [5, 5.41) is 3.21. The first-order chi connectivity index (χ1) is 18.1. The number of aliphatic imine (C=N–C) groups is 2. The maximum atomic E-state index is 14.6. The van der Waals surface area contributed by atoms with Crippen molar-refractivity contribution in [3.8, 4) is 0 Å². The van der Waals surface area contributed by atoms with Crippen LogP contribution in [0.5, 0.6) is 0 Å². The normalized spacial score (nSPS) is 21.4. The molecular weight excluding hydrogens is 497 g/mol. The zero-order valence-electron chi connectivity index (χ0n) is 20.9. The van der Waals surface area contributed by atoms with Crippen LogP contribution in [-0.2, 0) is 11.3 Å². The van der Waals surface area contributed by atoms with Gasteiger partial charge in [-0.1, -0.05) is 24.3 Å². The second kappa shape index (κ2) is 9.62. The van der Waals surface area contributed by atoms with E-state index in [9.17, 15) is 22.8 Å². The zero-order chi connectivity index (χ0) is 27.2. The molecule has 5 rings (SSSR count). The summed E-state index contributed by atoms with van der Waals surface area (Å²) in [6.45, 7) is 0.464. The molecule has 2 atom stereocenters. The van der Waals surface area contributed by atoms with Crippen LogP contribution >= 0.6 is 0 Å². The van der Waals surface area contributed by atoms with Crippen LogP contribution in [-0.4, -0.2) is 58.3 Å². The van der Waals surface area contributed by atoms with Gasteiger partial charge in [0.15, 0.2) is 0 Å². The number of nitrogens with zero attached hydrogens (tertiary/aromatic N) is 4. The first-order valence-electron chi connectivity index (χ1n) is 12.3. The molecule has 0 saturated heterocycles. The molecule has 1 saturated carbocycles. The summed E-state index contributed by atoms with van der Waals surface area (Å²) in [5.41, 5.74) is 6.83. The number of nitrogens with two attached hydrogens (primary N) is 1. The summed E-state index contributed by atoms with van der Waals surface area (Å²) in [4.78, 5) is 38.0. The highest BCUT2D eigenvalue weighted by atomic mass is 19.3. The number of amidine groups is 1. The first kappa shape index (κ1) is 25.5. The largest absolute Gasteiger partial charge is 0.383 e. The van der Waals surface area contributed by atoms with Crippen LogP contribution in [0.4, 0.5) is 18.9 Å². The molecule has 2 aliphatic heterocycles. The van der Waals surface area contributed by atoms with Gasteiger partial charge in [-0.15, -0.1) is 0 Å². The van der Waals surface area contributed by atoms with Gasteiger partial charge >= 0.3 is 5.92 Å². The molecule has 2 aromatic rings. The van der Waals surface area contributed by atoms with Crippen molar-refractivity contribution in [3.05, 3.63) is 76.9 Å². The van der Waals surface area contributed by atoms with Crippen LogP contribution in [0.15, 0.2) is 69.9 Å². The Morgan fingerprint density at radius 1 is 1.21 bits per heavy atom. The summed E-state index contributed by atoms with van der Waals surface area (Å²) < 4.78 is 41.5. The van der Waals surface area contributed by atoms with Gasteiger partial charge in [-0.25, -0.2) is 14.4 Å². The number of hydrogen-bond donors (Lipinski definition) is 2. The lowest BCUT2D eigenvalue weighted by Gasteiger charge is -2.38. The van der Waals surface area contributed by atoms with Crippen molar-refractivity contribution in [1.29, 1.82) is 0 Å². The van der Waals surface area contributed by atoms with Gasteiger partial charge in [0.1, 0.15) is 23.0 Å². The molecule has 11 heteroatoms. The highest BCUT2D eigenvalue weighted by Crippen LogP contribution is 2.38. The first-order valence-corrected chi connectivity index (χ1v) is 12.3. The van der Waals surface area contributed by atoms with Gasteiger partial charge in [-0.05, 0) is 49.1 Å². The van der Waals surface area contributed by atoms with Gasteiger partial charge in [0.05, 0.1) is 23.3 Å². The van der Waals surface area contributed by atoms with E-state index in [1.54, 1.807) is 31.3 Å². The SMILES string of the molecule is CN1C(=O)C(C(N)=Nc2ccccc2)=C(NCc2ccc(C(=O)C(C)(F)F)c(F)c2)N2C1=N[C@@H]1CCC[C@@H]12. The average Bonchev–Trinajstić information content (AvgIpc) is 3.47. The number of fused-ring (bicyclic) bond motifs is 3. The Labute approximate surface area is 217 Å². The van der Waals surface area contributed by atoms with Gasteiger partial charge in [0.25, 0.3) is 5.91 Å². The third-order valence-electron chi connectivity index (χ3n) is 6.97. The molecule has 2 heterocycles. The molecule has 0 bridgehead atoms. The average molecular weight is 525 g/mol. The third-order valence-corrected chi connectivity index (χ3v) is 6.97. The number of ketones is 1. The summed E-state index contributed by atoms with van der Waals surface area (Å²) >= 11 is 0. The van der Waals surface area contributed by atoms with E-state index in [0.717, 1.165) is 31.4 Å². The van der Waals surface area contributed by atoms with Crippen molar-refractivity contribution in [2.75, 3.05) is 7.05 Å². The second-order valence-electron chi connectivity index (χ2n) is 9.67. The predicted octanol–water partition coefficient (Wildman–Crippen LogP) is 3.72. The smallest absolute Gasteiger partial charge is 0.307 e. The van der Waals surface area contributed by atoms with E-state index in [0.29, 0.717) is 30.0 Å². The van der Waals surface area contributed by atoms with Crippen molar-refractivity contribution in [2.45, 2.75) is 50.7 Å². The number of guanidine groups is 1. The van der Waals surface area contributed by atoms with Gasteiger partial charge in [-0.3, -0.25) is 19.4 Å². The molecule has 0 unspecified atom stereocenters. The Hall–Kier alpha value is -4.15. The molecule has 1 fully saturated rings. The van der Waals surface area contributed by atoms with Crippen LogP contribution in [0.1, 0.15) is 42.1 Å². The summed E-state index contributed by atoms with van der Waals surface area (Å²) in [5.74, 6) is -5.80. The van der Waals surface area contributed by atoms with Crippen LogP contribution < -0.4 is 11.1 Å². The Kier molecular flexibility index (Phi) is 6.46. The van der Waals surface area contributed by atoms with Crippen molar-refractivity contribution < 1.29 is 22.8 Å². The van der Waals surface area contributed by atoms with Crippen LogP contribution in [0, 0.1) is 5.82 Å². The lowest BCUT2D eigenvalue weighted by Crippen LogP contribution is -2.55. The van der Waals surface area contributed by atoms with E-state index in [4.69, 9.17) is 10.7 Å². The summed E-state index contributed by atoms with van der Waals surface area (Å²) in [6.07, 6.45) is 2.75. The highest BCUT2D eigenvalue weighted by Gasteiger charge is 2.48. The zero-order valence-corrected chi connectivity index (χ0v) is 20.9. The maximum Gasteiger partial charge on any atom is 0.307 e. The van der Waals surface area contributed by atoms with Crippen molar-refractivity contribution in [3.63, 3.8) is 0 Å². The van der Waals surface area contributed by atoms with E-state index >= 15 is 0 Å². The predicted molar refractivity (Wildman–Crippen MR) is 136 cm³/mol. The van der Waals surface area contributed by atoms with Crippen molar-refractivity contribution >= 4 is 29.2 Å². The van der Waals surface area contributed by atoms with Gasteiger partial charge in [0, 0.05) is 20.5 Å². The molecule has 0 spiro atoms. The fourth-order valence-electron chi connectivity index (χ4n) is 5.10. The minimum absolute atomic E-state index is 0.00773. The van der Waals surface area contributed by atoms with Gasteiger partial charge < -0.3 is 11.1 Å². The Morgan fingerprint density at radius 2 is 1.95 bits per heavy atom. The minimum Gasteiger partial charge on any atom is -0.383 e. The van der Waals surface area contributed by atoms with Crippen molar-refractivity contribution in [1.82, 2.24) is 15.1 Å². The molecule has 1 amide bonds. The molecular formula is C27H27F3N6O2. The third kappa shape index (κ3) is 4.52. The van der Waals surface area contributed by atoms with E-state index in [-0.39, 0.29) is 30.0 Å². The fourth-order valence-corrected chi connectivity index (χ4v) is 5.10. The number of carbonyl (C=O) groups excluding carboxylic acids is 2. The number of rotatable bonds is 7. The molecule has 0 aromatic heterocycles. The molecule has 38 heavy (non-hydrogen) atoms. The van der Waals surface area contributed by atoms with E-state index in [1.165, 1.54) is 11.0 Å². The number of nitrogens with one attached hydrogen (secondary N) is 1. The number of alkyl halides is 2. The van der Waals surface area contributed by atoms with Crippen LogP contribution in [0.3, 0.4) is 0 Å². The van der Waals surface area contributed by atoms with E-state index in [2.05, 4.69) is 10.3 Å². The molecule has 1 aliphatic carbocycles. The number of para-hydroxylation sites is 1. The standard InChI is InChI=1S/C27H27F3N6O2/c1-27(29,30)22(37)17-12-11-15(13-18(17)28)14-32-24-21(23(31)33-16-7-4-3-5-8-16)25(38)35(2)26-34-19-9-6-10-20(19)36(24)26/h3-5,7-8,11-13,19-20,32H,6,9-10,14H2,1-2H3,(H2,31,33)/t19-,20+/m1/s1. The van der Waals surface area contributed by atoms with Crippen LogP contribution in [0.2, 0.25) is 0 Å². The number of amides is 1. The van der Waals surface area contributed by atoms with E-state index in [1.807, 2.05) is 11.0 Å². The van der Waals surface area contributed by atoms with Gasteiger partial charge in [0.2, 0.25) is 11.7 Å². The molecule has 8 nitrogen and oxygen atoms in total. The van der Waals surface area contributed by atoms with E-state index < -0.39 is 29.0 Å². The monoisotopic (exact) mass is 524 g/mol. The molecule has 198 valence electrons. The summed E-state index contributed by atoms with van der Waals surface area (Å²) in [7, 11) is 1.64.